The average Bonchev–Trinajstić information content (AvgIpc) is 3.50. The average molecular weight is 477 g/mol. The Morgan fingerprint density at radius 2 is 1.97 bits per heavy atom. The molecular formula is C25H22ClFN6O. The highest BCUT2D eigenvalue weighted by Crippen LogP contribution is 2.50. The van der Waals surface area contributed by atoms with Crippen molar-refractivity contribution >= 4 is 39.9 Å². The molecule has 6 rings (SSSR count). The smallest absolute Gasteiger partial charge is 0.244 e. The molecule has 1 aliphatic heterocycles. The first kappa shape index (κ1) is 21.0. The summed E-state index contributed by atoms with van der Waals surface area (Å²) in [6, 6.07) is 7.44. The largest absolute Gasteiger partial charge is 0.343 e. The highest BCUT2D eigenvalue weighted by atomic mass is 35.5. The molecule has 1 fully saturated rings. The van der Waals surface area contributed by atoms with Gasteiger partial charge in [0.15, 0.2) is 5.82 Å². The number of benzene rings is 1. The van der Waals surface area contributed by atoms with Crippen molar-refractivity contribution < 1.29 is 9.18 Å². The van der Waals surface area contributed by atoms with E-state index < -0.39 is 5.82 Å². The lowest BCUT2D eigenvalue weighted by molar-refractivity contribution is -0.130. The Morgan fingerprint density at radius 1 is 1.15 bits per heavy atom. The maximum Gasteiger partial charge on any atom is 0.244 e. The molecule has 172 valence electrons. The van der Waals surface area contributed by atoms with E-state index in [1.165, 1.54) is 0 Å². The monoisotopic (exact) mass is 476 g/mol. The van der Waals surface area contributed by atoms with Gasteiger partial charge in [-0.15, -0.1) is 0 Å². The number of amides is 1. The van der Waals surface area contributed by atoms with Crippen LogP contribution in [-0.4, -0.2) is 44.1 Å². The number of nitrogens with one attached hydrogen (secondary N) is 1. The third kappa shape index (κ3) is 3.32. The van der Waals surface area contributed by atoms with Crippen molar-refractivity contribution in [3.63, 3.8) is 0 Å². The number of carbonyl (C=O) groups is 1. The topological polar surface area (TPSA) is 75.9 Å². The quantitative estimate of drug-likeness (QED) is 0.458. The van der Waals surface area contributed by atoms with E-state index in [0.29, 0.717) is 34.7 Å². The molecule has 34 heavy (non-hydrogen) atoms. The molecule has 0 bridgehead atoms. The van der Waals surface area contributed by atoms with Crippen LogP contribution in [0.5, 0.6) is 0 Å². The molecule has 1 aliphatic carbocycles. The molecule has 9 heteroatoms. The molecule has 1 spiro atoms. The normalized spacial score (nSPS) is 16.6. The van der Waals surface area contributed by atoms with Crippen molar-refractivity contribution in [1.29, 1.82) is 0 Å². The summed E-state index contributed by atoms with van der Waals surface area (Å²) in [5, 5.41) is 9.20. The number of fused-ring (bicyclic) bond motifs is 3. The van der Waals surface area contributed by atoms with E-state index in [1.807, 2.05) is 32.2 Å². The van der Waals surface area contributed by atoms with Gasteiger partial charge in [0.25, 0.3) is 0 Å². The zero-order valence-corrected chi connectivity index (χ0v) is 19.5. The number of hydrogen-bond acceptors (Lipinski definition) is 5. The van der Waals surface area contributed by atoms with E-state index >= 15 is 4.39 Å². The van der Waals surface area contributed by atoms with Gasteiger partial charge in [-0.25, -0.2) is 9.37 Å². The van der Waals surface area contributed by atoms with Gasteiger partial charge in [-0.05, 0) is 48.9 Å². The Kier molecular flexibility index (Phi) is 4.64. The standard InChI is InChI=1S/C25H22ClFN6O/c1-14-3-6-28-10-17(14)16-7-15-8-20(29-11-18(15)23(26)24(16)27)30-21-9-19-25(4-5-25)13-32(2)22(34)12-33(19)31-21/h3,6-11H,4-5,12-13H2,1-2H3,(H,29,30,31). The zero-order chi connectivity index (χ0) is 23.6. The molecule has 7 nitrogen and oxygen atoms in total. The van der Waals surface area contributed by atoms with Crippen molar-refractivity contribution in [2.45, 2.75) is 31.7 Å². The molecule has 0 radical (unpaired) electrons. The van der Waals surface area contributed by atoms with E-state index in [0.717, 1.165) is 29.5 Å². The molecule has 0 saturated heterocycles. The number of nitrogens with zero attached hydrogens (tertiary/aromatic N) is 5. The number of carbonyl (C=O) groups excluding carboxylic acids is 1. The Labute approximate surface area is 200 Å². The van der Waals surface area contributed by atoms with Gasteiger partial charge >= 0.3 is 0 Å². The maximum absolute atomic E-state index is 15.1. The van der Waals surface area contributed by atoms with Crippen LogP contribution in [0.1, 0.15) is 24.1 Å². The third-order valence-corrected chi connectivity index (χ3v) is 7.28. The Hall–Kier alpha value is -3.52. The maximum atomic E-state index is 15.1. The van der Waals surface area contributed by atoms with Crippen LogP contribution < -0.4 is 5.32 Å². The van der Waals surface area contributed by atoms with Crippen LogP contribution in [0.25, 0.3) is 21.9 Å². The van der Waals surface area contributed by atoms with E-state index in [4.69, 9.17) is 11.6 Å². The zero-order valence-electron chi connectivity index (χ0n) is 18.8. The lowest BCUT2D eigenvalue weighted by Crippen LogP contribution is -2.32. The minimum absolute atomic E-state index is 0.00775. The Bertz CT molecular complexity index is 1480. The second kappa shape index (κ2) is 7.50. The Morgan fingerprint density at radius 3 is 2.74 bits per heavy atom. The Balaban J connectivity index is 1.38. The summed E-state index contributed by atoms with van der Waals surface area (Å²) in [5.74, 6) is 0.751. The molecule has 0 unspecified atom stereocenters. The van der Waals surface area contributed by atoms with Gasteiger partial charge < -0.3 is 10.2 Å². The molecule has 2 aliphatic rings. The summed E-state index contributed by atoms with van der Waals surface area (Å²) in [5.41, 5.74) is 3.06. The van der Waals surface area contributed by atoms with E-state index in [2.05, 4.69) is 20.4 Å². The van der Waals surface area contributed by atoms with Gasteiger partial charge in [-0.3, -0.25) is 14.5 Å². The van der Waals surface area contributed by atoms with E-state index in [9.17, 15) is 4.79 Å². The minimum atomic E-state index is -0.491. The molecule has 1 amide bonds. The van der Waals surface area contributed by atoms with Gasteiger partial charge in [0.1, 0.15) is 18.2 Å². The van der Waals surface area contributed by atoms with Crippen LogP contribution >= 0.6 is 11.6 Å². The number of anilines is 2. The fraction of sp³-hybridized carbons (Fsp3) is 0.280. The van der Waals surface area contributed by atoms with Crippen molar-refractivity contribution in [3.8, 4) is 11.1 Å². The second-order valence-corrected chi connectivity index (χ2v) is 9.64. The molecule has 1 aromatic carbocycles. The van der Waals surface area contributed by atoms with Gasteiger partial charge in [-0.2, -0.15) is 5.10 Å². The molecule has 1 saturated carbocycles. The fourth-order valence-electron chi connectivity index (χ4n) is 4.83. The molecule has 3 aromatic heterocycles. The summed E-state index contributed by atoms with van der Waals surface area (Å²) < 4.78 is 16.9. The highest BCUT2D eigenvalue weighted by molar-refractivity contribution is 6.36. The molecule has 4 heterocycles. The lowest BCUT2D eigenvalue weighted by Gasteiger charge is -2.18. The van der Waals surface area contributed by atoms with Crippen LogP contribution in [0, 0.1) is 12.7 Å². The van der Waals surface area contributed by atoms with Crippen LogP contribution in [0.15, 0.2) is 42.9 Å². The van der Waals surface area contributed by atoms with Crippen molar-refractivity contribution in [1.82, 2.24) is 24.6 Å². The van der Waals surface area contributed by atoms with Crippen LogP contribution in [0.4, 0.5) is 16.0 Å². The first-order valence-corrected chi connectivity index (χ1v) is 11.5. The predicted octanol–water partition coefficient (Wildman–Crippen LogP) is 4.84. The van der Waals surface area contributed by atoms with Gasteiger partial charge in [0.05, 0.1) is 5.02 Å². The first-order chi connectivity index (χ1) is 16.3. The van der Waals surface area contributed by atoms with Gasteiger partial charge in [-0.1, -0.05) is 11.6 Å². The second-order valence-electron chi connectivity index (χ2n) is 9.26. The lowest BCUT2D eigenvalue weighted by atomic mass is 9.99. The van der Waals surface area contributed by atoms with Crippen LogP contribution in [0.3, 0.4) is 0 Å². The SMILES string of the molecule is Cc1ccncc1-c1cc2cc(Nc3cc4n(n3)CC(=O)N(C)CC43CC3)ncc2c(Cl)c1F. The summed E-state index contributed by atoms with van der Waals surface area (Å²) in [7, 11) is 1.85. The minimum Gasteiger partial charge on any atom is -0.343 e. The first-order valence-electron chi connectivity index (χ1n) is 11.1. The summed E-state index contributed by atoms with van der Waals surface area (Å²) in [4.78, 5) is 22.8. The van der Waals surface area contributed by atoms with Crippen molar-refractivity contribution in [2.75, 3.05) is 18.9 Å². The van der Waals surface area contributed by atoms with Crippen LogP contribution in [0.2, 0.25) is 5.02 Å². The molecular weight excluding hydrogens is 455 g/mol. The number of pyridine rings is 2. The number of halogens is 2. The van der Waals surface area contributed by atoms with Crippen LogP contribution in [-0.2, 0) is 16.8 Å². The van der Waals surface area contributed by atoms with E-state index in [-0.39, 0.29) is 22.9 Å². The number of aromatic nitrogens is 4. The number of aryl methyl sites for hydroxylation is 1. The summed E-state index contributed by atoms with van der Waals surface area (Å²) in [6.07, 6.45) is 6.97. The molecule has 0 atom stereocenters. The van der Waals surface area contributed by atoms with E-state index in [1.54, 1.807) is 34.2 Å². The van der Waals surface area contributed by atoms with Gasteiger partial charge in [0, 0.05) is 65.9 Å². The van der Waals surface area contributed by atoms with Crippen molar-refractivity contribution in [2.24, 2.45) is 0 Å². The number of hydrogen-bond donors (Lipinski definition) is 1. The summed E-state index contributed by atoms with van der Waals surface area (Å²) in [6.45, 7) is 2.85. The third-order valence-electron chi connectivity index (χ3n) is 6.91. The predicted molar refractivity (Wildman–Crippen MR) is 129 cm³/mol. The molecule has 4 aromatic rings. The fourth-order valence-corrected chi connectivity index (χ4v) is 5.09. The summed E-state index contributed by atoms with van der Waals surface area (Å²) >= 11 is 6.39. The molecule has 1 N–H and O–H groups in total. The van der Waals surface area contributed by atoms with Gasteiger partial charge in [0.2, 0.25) is 5.91 Å². The number of rotatable bonds is 3. The highest BCUT2D eigenvalue weighted by Gasteiger charge is 2.50. The van der Waals surface area contributed by atoms with Crippen molar-refractivity contribution in [3.05, 3.63) is 65.0 Å². The number of likely N-dealkylation sites (N-methyl/N-ethyl adjacent to an activating group) is 1.